The molecule has 21 heavy (non-hydrogen) atoms. The van der Waals surface area contributed by atoms with Crippen molar-refractivity contribution in [3.05, 3.63) is 35.4 Å². The summed E-state index contributed by atoms with van der Waals surface area (Å²) in [5.74, 6) is -0.854. The molecule has 2 atom stereocenters. The van der Waals surface area contributed by atoms with E-state index in [4.69, 9.17) is 5.11 Å². The lowest BCUT2D eigenvalue weighted by Gasteiger charge is -2.39. The van der Waals surface area contributed by atoms with Gasteiger partial charge >= 0.3 is 5.97 Å². The predicted octanol–water partition coefficient (Wildman–Crippen LogP) is 1.25. The van der Waals surface area contributed by atoms with Gasteiger partial charge in [0.25, 0.3) is 0 Å². The molecule has 3 rings (SSSR count). The van der Waals surface area contributed by atoms with Gasteiger partial charge in [0.05, 0.1) is 17.9 Å². The van der Waals surface area contributed by atoms with Crippen molar-refractivity contribution in [1.82, 2.24) is 4.90 Å². The number of rotatable bonds is 3. The van der Waals surface area contributed by atoms with Crippen LogP contribution >= 0.6 is 0 Å². The lowest BCUT2D eigenvalue weighted by Crippen LogP contribution is -2.50. The molecule has 114 valence electrons. The Morgan fingerprint density at radius 2 is 2.10 bits per heavy atom. The fourth-order valence-corrected chi connectivity index (χ4v) is 5.12. The number of hydrogen-bond donors (Lipinski definition) is 1. The molecule has 0 spiro atoms. The number of nitrogens with zero attached hydrogens (tertiary/aromatic N) is 1. The van der Waals surface area contributed by atoms with Gasteiger partial charge in [0.1, 0.15) is 0 Å². The minimum absolute atomic E-state index is 0.0437. The van der Waals surface area contributed by atoms with Crippen molar-refractivity contribution >= 4 is 15.8 Å². The molecule has 0 radical (unpaired) electrons. The van der Waals surface area contributed by atoms with Crippen molar-refractivity contribution in [2.75, 3.05) is 18.1 Å². The van der Waals surface area contributed by atoms with E-state index >= 15 is 0 Å². The molecule has 2 aliphatic rings. The highest BCUT2D eigenvalue weighted by atomic mass is 32.2. The zero-order chi connectivity index (χ0) is 15.0. The summed E-state index contributed by atoms with van der Waals surface area (Å²) in [5, 5.41) is 9.07. The number of carboxylic acid groups (broad SMARTS) is 1. The monoisotopic (exact) mass is 309 g/mol. The van der Waals surface area contributed by atoms with Gasteiger partial charge in [-0.2, -0.15) is 0 Å². The molecular weight excluding hydrogens is 290 g/mol. The van der Waals surface area contributed by atoms with Crippen LogP contribution in [0.4, 0.5) is 0 Å². The summed E-state index contributed by atoms with van der Waals surface area (Å²) < 4.78 is 23.7. The first-order valence-corrected chi connectivity index (χ1v) is 9.04. The first-order valence-electron chi connectivity index (χ1n) is 7.22. The summed E-state index contributed by atoms with van der Waals surface area (Å²) in [6.45, 7) is 0.430. The summed E-state index contributed by atoms with van der Waals surface area (Å²) in [6.07, 6.45) is 1.80. The topological polar surface area (TPSA) is 74.7 Å². The maximum atomic E-state index is 11.8. The Morgan fingerprint density at radius 3 is 2.86 bits per heavy atom. The zero-order valence-electron chi connectivity index (χ0n) is 11.7. The van der Waals surface area contributed by atoms with Gasteiger partial charge in [0.15, 0.2) is 9.84 Å². The molecule has 0 amide bonds. The molecule has 1 N–H and O–H groups in total. The molecule has 1 aromatic rings. The highest BCUT2D eigenvalue weighted by Crippen LogP contribution is 2.38. The average Bonchev–Trinajstić information content (AvgIpc) is 2.81. The molecule has 2 unspecified atom stereocenters. The van der Waals surface area contributed by atoms with Crippen molar-refractivity contribution in [3.63, 3.8) is 0 Å². The van der Waals surface area contributed by atoms with Crippen molar-refractivity contribution in [2.24, 2.45) is 0 Å². The fourth-order valence-electron chi connectivity index (χ4n) is 3.57. The van der Waals surface area contributed by atoms with Crippen LogP contribution < -0.4 is 0 Å². The molecule has 1 aliphatic carbocycles. The molecule has 0 aromatic heterocycles. The first-order chi connectivity index (χ1) is 9.96. The third kappa shape index (κ3) is 2.96. The van der Waals surface area contributed by atoms with E-state index in [0.717, 1.165) is 12.8 Å². The van der Waals surface area contributed by atoms with Crippen molar-refractivity contribution in [3.8, 4) is 0 Å². The molecule has 1 aromatic carbocycles. The van der Waals surface area contributed by atoms with Crippen LogP contribution in [0, 0.1) is 0 Å². The van der Waals surface area contributed by atoms with Crippen LogP contribution in [0.1, 0.15) is 30.0 Å². The number of carboxylic acids is 1. The minimum Gasteiger partial charge on any atom is -0.481 e. The van der Waals surface area contributed by atoms with Crippen LogP contribution in [0.3, 0.4) is 0 Å². The van der Waals surface area contributed by atoms with Gasteiger partial charge in [0.2, 0.25) is 0 Å². The van der Waals surface area contributed by atoms with E-state index in [9.17, 15) is 13.2 Å². The summed E-state index contributed by atoms with van der Waals surface area (Å²) in [4.78, 5) is 13.2. The Hall–Kier alpha value is -1.40. The maximum absolute atomic E-state index is 11.8. The third-order valence-electron chi connectivity index (χ3n) is 4.49. The molecule has 1 saturated heterocycles. The molecule has 5 nitrogen and oxygen atoms in total. The van der Waals surface area contributed by atoms with E-state index in [1.807, 2.05) is 12.1 Å². The van der Waals surface area contributed by atoms with Gasteiger partial charge in [-0.15, -0.1) is 0 Å². The van der Waals surface area contributed by atoms with Crippen molar-refractivity contribution in [2.45, 2.75) is 31.3 Å². The maximum Gasteiger partial charge on any atom is 0.304 e. The number of aryl methyl sites for hydroxylation is 1. The first kappa shape index (κ1) is 14.5. The number of sulfone groups is 1. The molecule has 0 saturated carbocycles. The quantitative estimate of drug-likeness (QED) is 0.909. The second-order valence-electron chi connectivity index (χ2n) is 5.86. The van der Waals surface area contributed by atoms with Crippen LogP contribution in [0.2, 0.25) is 0 Å². The number of hydrogen-bond acceptors (Lipinski definition) is 4. The zero-order valence-corrected chi connectivity index (χ0v) is 12.6. The second-order valence-corrected chi connectivity index (χ2v) is 8.09. The van der Waals surface area contributed by atoms with Gasteiger partial charge in [-0.1, -0.05) is 24.3 Å². The van der Waals surface area contributed by atoms with Crippen LogP contribution in [-0.4, -0.2) is 48.5 Å². The Morgan fingerprint density at radius 1 is 1.33 bits per heavy atom. The van der Waals surface area contributed by atoms with E-state index < -0.39 is 21.8 Å². The molecular formula is C15H19NO4S. The number of carbonyl (C=O) groups is 1. The largest absolute Gasteiger partial charge is 0.481 e. The SMILES string of the molecule is O=C(O)CC1CS(=O)(=O)CCN1C1CCc2ccccc21. The normalized spacial score (nSPS) is 28.2. The Bertz CT molecular complexity index is 655. The molecule has 0 bridgehead atoms. The van der Waals surface area contributed by atoms with E-state index in [1.54, 1.807) is 0 Å². The van der Waals surface area contributed by atoms with E-state index in [1.165, 1.54) is 11.1 Å². The lowest BCUT2D eigenvalue weighted by molar-refractivity contribution is -0.138. The minimum atomic E-state index is -3.12. The molecule has 1 aliphatic heterocycles. The average molecular weight is 309 g/mol. The Labute approximate surface area is 124 Å². The van der Waals surface area contributed by atoms with Crippen LogP contribution in [0.5, 0.6) is 0 Å². The van der Waals surface area contributed by atoms with Gasteiger partial charge in [-0.25, -0.2) is 8.42 Å². The number of fused-ring (bicyclic) bond motifs is 1. The van der Waals surface area contributed by atoms with E-state index in [-0.39, 0.29) is 24.0 Å². The number of aliphatic carboxylic acids is 1. The highest BCUT2D eigenvalue weighted by molar-refractivity contribution is 7.91. The van der Waals surface area contributed by atoms with Crippen LogP contribution in [-0.2, 0) is 21.1 Å². The summed E-state index contributed by atoms with van der Waals surface area (Å²) in [5.41, 5.74) is 2.53. The summed E-state index contributed by atoms with van der Waals surface area (Å²) >= 11 is 0. The van der Waals surface area contributed by atoms with Gasteiger partial charge < -0.3 is 5.11 Å². The fraction of sp³-hybridized carbons (Fsp3) is 0.533. The Kier molecular flexibility index (Phi) is 3.75. The smallest absolute Gasteiger partial charge is 0.304 e. The molecule has 1 fully saturated rings. The Balaban J connectivity index is 1.88. The third-order valence-corrected chi connectivity index (χ3v) is 6.18. The molecule has 1 heterocycles. The predicted molar refractivity (Wildman–Crippen MR) is 78.9 cm³/mol. The van der Waals surface area contributed by atoms with Gasteiger partial charge in [-0.3, -0.25) is 9.69 Å². The van der Waals surface area contributed by atoms with Crippen LogP contribution in [0.15, 0.2) is 24.3 Å². The van der Waals surface area contributed by atoms with Crippen molar-refractivity contribution in [1.29, 1.82) is 0 Å². The standard InChI is InChI=1S/C15H19NO4S/c17-15(18)9-12-10-21(19,20)8-7-16(12)14-6-5-11-3-1-2-4-13(11)14/h1-4,12,14H,5-10H2,(H,17,18). The van der Waals surface area contributed by atoms with E-state index in [2.05, 4.69) is 17.0 Å². The van der Waals surface area contributed by atoms with Gasteiger partial charge in [0, 0.05) is 18.6 Å². The summed E-state index contributed by atoms with van der Waals surface area (Å²) in [6, 6.07) is 7.91. The second kappa shape index (κ2) is 5.42. The highest BCUT2D eigenvalue weighted by Gasteiger charge is 2.38. The number of benzene rings is 1. The lowest BCUT2D eigenvalue weighted by atomic mass is 10.0. The van der Waals surface area contributed by atoms with E-state index in [0.29, 0.717) is 6.54 Å². The summed E-state index contributed by atoms with van der Waals surface area (Å²) in [7, 11) is -3.12. The van der Waals surface area contributed by atoms with Crippen molar-refractivity contribution < 1.29 is 18.3 Å². The molecule has 6 heteroatoms. The van der Waals surface area contributed by atoms with Gasteiger partial charge in [-0.05, 0) is 24.0 Å². The van der Waals surface area contributed by atoms with Crippen LogP contribution in [0.25, 0.3) is 0 Å².